The van der Waals surface area contributed by atoms with E-state index in [1.165, 1.54) is 32.1 Å². The number of guanidine groups is 1. The van der Waals surface area contributed by atoms with Crippen molar-refractivity contribution in [3.63, 3.8) is 0 Å². The molecule has 5 aliphatic rings. The first-order chi connectivity index (χ1) is 8.29. The van der Waals surface area contributed by atoms with Gasteiger partial charge in [-0.15, -0.1) is 0 Å². The van der Waals surface area contributed by atoms with Crippen LogP contribution >= 0.6 is 0 Å². The van der Waals surface area contributed by atoms with E-state index in [0.29, 0.717) is 12.0 Å². The van der Waals surface area contributed by atoms with Gasteiger partial charge < -0.3 is 11.1 Å². The monoisotopic (exact) mass is 233 g/mol. The average molecular weight is 233 g/mol. The van der Waals surface area contributed by atoms with E-state index in [1.54, 1.807) is 6.42 Å². The van der Waals surface area contributed by atoms with Crippen LogP contribution in [0.15, 0.2) is 4.99 Å². The predicted molar refractivity (Wildman–Crippen MR) is 68.6 cm³/mol. The van der Waals surface area contributed by atoms with Gasteiger partial charge in [-0.25, -0.2) is 0 Å². The smallest absolute Gasteiger partial charge is 0.188 e. The van der Waals surface area contributed by atoms with Crippen LogP contribution in [0.3, 0.4) is 0 Å². The lowest BCUT2D eigenvalue weighted by Crippen LogP contribution is -2.56. The summed E-state index contributed by atoms with van der Waals surface area (Å²) in [6.45, 7) is 0.937. The molecule has 4 saturated carbocycles. The lowest BCUT2D eigenvalue weighted by molar-refractivity contribution is -0.0505. The first-order valence-electron chi connectivity index (χ1n) is 7.36. The average Bonchev–Trinajstić information content (AvgIpc) is 2.27. The zero-order chi connectivity index (χ0) is 11.4. The maximum Gasteiger partial charge on any atom is 0.188 e. The molecule has 1 unspecified atom stereocenters. The number of nitrogens with zero attached hydrogens (tertiary/aromatic N) is 1. The fourth-order valence-corrected chi connectivity index (χ4v) is 5.54. The van der Waals surface area contributed by atoms with Gasteiger partial charge in [-0.3, -0.25) is 4.99 Å². The molecule has 1 aliphatic heterocycles. The molecular weight excluding hydrogens is 210 g/mol. The van der Waals surface area contributed by atoms with Crippen molar-refractivity contribution in [1.82, 2.24) is 5.32 Å². The number of rotatable bonds is 1. The number of nitrogens with two attached hydrogens (primary N) is 1. The van der Waals surface area contributed by atoms with Crippen LogP contribution in [0.1, 0.15) is 38.5 Å². The fourth-order valence-electron chi connectivity index (χ4n) is 5.54. The molecule has 1 atom stereocenters. The van der Waals surface area contributed by atoms with Gasteiger partial charge >= 0.3 is 0 Å². The Labute approximate surface area is 103 Å². The molecule has 0 aromatic heterocycles. The van der Waals surface area contributed by atoms with Crippen LogP contribution in [0.2, 0.25) is 0 Å². The van der Waals surface area contributed by atoms with Gasteiger partial charge in [-0.2, -0.15) is 0 Å². The third kappa shape index (κ3) is 1.58. The third-order valence-corrected chi connectivity index (χ3v) is 5.82. The highest BCUT2D eigenvalue weighted by molar-refractivity contribution is 5.78. The SMILES string of the molecule is NC1=NCCC(C2C3CC4CC(C3)CC2C4)N1. The standard InChI is InChI=1S/C14H23N3/c15-14-16-2-1-12(17-14)13-10-4-8-3-9(6-10)7-11(13)5-8/h8-13H,1-7H2,(H3,15,16,17). The Kier molecular flexibility index (Phi) is 2.18. The molecule has 0 amide bonds. The molecule has 0 spiro atoms. The Morgan fingerprint density at radius 1 is 1.00 bits per heavy atom. The van der Waals surface area contributed by atoms with Crippen molar-refractivity contribution in [3.8, 4) is 0 Å². The van der Waals surface area contributed by atoms with Crippen molar-refractivity contribution in [2.24, 2.45) is 40.3 Å². The van der Waals surface area contributed by atoms with Crippen LogP contribution in [0.25, 0.3) is 0 Å². The summed E-state index contributed by atoms with van der Waals surface area (Å²) in [5.41, 5.74) is 5.86. The molecule has 94 valence electrons. The van der Waals surface area contributed by atoms with Crippen molar-refractivity contribution >= 4 is 5.96 Å². The topological polar surface area (TPSA) is 50.4 Å². The molecule has 0 radical (unpaired) electrons. The molecule has 17 heavy (non-hydrogen) atoms. The van der Waals surface area contributed by atoms with E-state index >= 15 is 0 Å². The maximum absolute atomic E-state index is 5.86. The molecule has 3 nitrogen and oxygen atoms in total. The molecule has 0 aromatic rings. The van der Waals surface area contributed by atoms with E-state index in [2.05, 4.69) is 10.3 Å². The summed E-state index contributed by atoms with van der Waals surface area (Å²) in [5, 5.41) is 3.47. The van der Waals surface area contributed by atoms with Crippen LogP contribution in [-0.2, 0) is 0 Å². The van der Waals surface area contributed by atoms with Gasteiger partial charge in [0.25, 0.3) is 0 Å². The quantitative estimate of drug-likeness (QED) is 0.725. The minimum Gasteiger partial charge on any atom is -0.370 e. The lowest BCUT2D eigenvalue weighted by atomic mass is 9.50. The highest BCUT2D eigenvalue weighted by Crippen LogP contribution is 2.57. The van der Waals surface area contributed by atoms with Crippen LogP contribution in [0, 0.1) is 29.6 Å². The maximum atomic E-state index is 5.86. The third-order valence-electron chi connectivity index (χ3n) is 5.82. The van der Waals surface area contributed by atoms with Crippen LogP contribution < -0.4 is 11.1 Å². The molecule has 0 saturated heterocycles. The van der Waals surface area contributed by atoms with Gasteiger partial charge in [0.2, 0.25) is 0 Å². The molecule has 3 heteroatoms. The van der Waals surface area contributed by atoms with E-state index in [0.717, 1.165) is 36.1 Å². The van der Waals surface area contributed by atoms with Crippen LogP contribution in [-0.4, -0.2) is 18.5 Å². The largest absolute Gasteiger partial charge is 0.370 e. The van der Waals surface area contributed by atoms with E-state index in [1.807, 2.05) is 0 Å². The van der Waals surface area contributed by atoms with Crippen molar-refractivity contribution in [1.29, 1.82) is 0 Å². The van der Waals surface area contributed by atoms with E-state index < -0.39 is 0 Å². The number of nitrogens with one attached hydrogen (secondary N) is 1. The Morgan fingerprint density at radius 2 is 1.65 bits per heavy atom. The Bertz CT molecular complexity index is 321. The van der Waals surface area contributed by atoms with Crippen molar-refractivity contribution in [2.45, 2.75) is 44.6 Å². The van der Waals surface area contributed by atoms with Crippen molar-refractivity contribution in [2.75, 3.05) is 6.54 Å². The number of hydrogen-bond acceptors (Lipinski definition) is 3. The van der Waals surface area contributed by atoms with Gasteiger partial charge in [-0.05, 0) is 68.1 Å². The first-order valence-corrected chi connectivity index (χ1v) is 7.36. The Balaban J connectivity index is 1.56. The zero-order valence-electron chi connectivity index (χ0n) is 10.4. The summed E-state index contributed by atoms with van der Waals surface area (Å²) in [6, 6.07) is 0.627. The fraction of sp³-hybridized carbons (Fsp3) is 0.929. The second-order valence-corrected chi connectivity index (χ2v) is 6.81. The number of hydrogen-bond donors (Lipinski definition) is 2. The van der Waals surface area contributed by atoms with Gasteiger partial charge in [-0.1, -0.05) is 0 Å². The van der Waals surface area contributed by atoms with Crippen LogP contribution in [0.5, 0.6) is 0 Å². The molecule has 0 aromatic carbocycles. The van der Waals surface area contributed by atoms with Crippen LogP contribution in [0.4, 0.5) is 0 Å². The van der Waals surface area contributed by atoms with E-state index in [9.17, 15) is 0 Å². The molecule has 5 rings (SSSR count). The predicted octanol–water partition coefficient (Wildman–Crippen LogP) is 1.74. The van der Waals surface area contributed by atoms with Gasteiger partial charge in [0.15, 0.2) is 5.96 Å². The first kappa shape index (κ1) is 10.2. The summed E-state index contributed by atoms with van der Waals surface area (Å²) in [6.07, 6.45) is 8.77. The lowest BCUT2D eigenvalue weighted by Gasteiger charge is -2.56. The Hall–Kier alpha value is -0.730. The zero-order valence-corrected chi connectivity index (χ0v) is 10.4. The van der Waals surface area contributed by atoms with E-state index in [-0.39, 0.29) is 0 Å². The molecule has 3 N–H and O–H groups in total. The summed E-state index contributed by atoms with van der Waals surface area (Å²) >= 11 is 0. The highest BCUT2D eigenvalue weighted by Gasteiger charge is 2.50. The normalized spacial score (nSPS) is 52.1. The van der Waals surface area contributed by atoms with Gasteiger partial charge in [0.05, 0.1) is 0 Å². The summed E-state index contributed by atoms with van der Waals surface area (Å²) in [4.78, 5) is 4.28. The molecule has 4 aliphatic carbocycles. The summed E-state index contributed by atoms with van der Waals surface area (Å²) in [5.74, 6) is 5.72. The van der Waals surface area contributed by atoms with E-state index in [4.69, 9.17) is 5.73 Å². The minimum absolute atomic E-state index is 0.627. The minimum atomic E-state index is 0.627. The molecule has 4 fully saturated rings. The second kappa shape index (κ2) is 3.63. The van der Waals surface area contributed by atoms with Gasteiger partial charge in [0, 0.05) is 12.6 Å². The highest BCUT2D eigenvalue weighted by atomic mass is 15.1. The van der Waals surface area contributed by atoms with Crippen molar-refractivity contribution < 1.29 is 0 Å². The van der Waals surface area contributed by atoms with Crippen molar-refractivity contribution in [3.05, 3.63) is 0 Å². The molecule has 1 heterocycles. The van der Waals surface area contributed by atoms with Gasteiger partial charge in [0.1, 0.15) is 0 Å². The number of aliphatic imine (C=N–C) groups is 1. The molecular formula is C14H23N3. The summed E-state index contributed by atoms with van der Waals surface area (Å²) < 4.78 is 0. The molecule has 4 bridgehead atoms. The Morgan fingerprint density at radius 3 is 2.24 bits per heavy atom. The summed E-state index contributed by atoms with van der Waals surface area (Å²) in [7, 11) is 0. The second-order valence-electron chi connectivity index (χ2n) is 6.81.